The highest BCUT2D eigenvalue weighted by molar-refractivity contribution is 8.25. The lowest BCUT2D eigenvalue weighted by Gasteiger charge is -2.49. The summed E-state index contributed by atoms with van der Waals surface area (Å²) in [5.74, 6) is 0. The van der Waals surface area contributed by atoms with Crippen molar-refractivity contribution in [2.75, 3.05) is 0 Å². The summed E-state index contributed by atoms with van der Waals surface area (Å²) in [5, 5.41) is 1.34. The number of hydrogen-bond donors (Lipinski definition) is 0. The fourth-order valence-corrected chi connectivity index (χ4v) is 14.4. The van der Waals surface area contributed by atoms with Crippen LogP contribution in [0.2, 0.25) is 0 Å². The van der Waals surface area contributed by atoms with Gasteiger partial charge in [0.2, 0.25) is 0 Å². The number of benzene rings is 1. The summed E-state index contributed by atoms with van der Waals surface area (Å²) in [4.78, 5) is 0. The highest BCUT2D eigenvalue weighted by atomic mass is 35.5. The summed E-state index contributed by atoms with van der Waals surface area (Å²) in [6.45, 7) is 39.0. The Morgan fingerprint density at radius 3 is 1.19 bits per heavy atom. The maximum absolute atomic E-state index is 7.63. The SMILES string of the molecule is CC(C)N(C(C)C)P(=S)(C(Cl)=Pc1c(C(C)(C)C)cc(C(C)(C)C)cc1C(C)(C)C)N(C(C)C)C(C)C. The van der Waals surface area contributed by atoms with Crippen LogP contribution in [0.25, 0.3) is 0 Å². The lowest BCUT2D eigenvalue weighted by molar-refractivity contribution is 0.261. The second kappa shape index (κ2) is 12.4. The zero-order valence-corrected chi connectivity index (χ0v) is 30.4. The van der Waals surface area contributed by atoms with Gasteiger partial charge in [-0.1, -0.05) is 97.9 Å². The van der Waals surface area contributed by atoms with Gasteiger partial charge in [0, 0.05) is 29.5 Å². The van der Waals surface area contributed by atoms with Crippen molar-refractivity contribution in [2.24, 2.45) is 0 Å². The van der Waals surface area contributed by atoms with Gasteiger partial charge in [-0.05, 0) is 96.5 Å². The van der Waals surface area contributed by atoms with Gasteiger partial charge < -0.3 is 0 Å². The highest BCUT2D eigenvalue weighted by Gasteiger charge is 2.42. The third-order valence-corrected chi connectivity index (χ3v) is 15.7. The van der Waals surface area contributed by atoms with Gasteiger partial charge in [-0.3, -0.25) is 9.34 Å². The van der Waals surface area contributed by atoms with Crippen molar-refractivity contribution in [1.82, 2.24) is 9.34 Å². The Labute approximate surface area is 243 Å². The highest BCUT2D eigenvalue weighted by Crippen LogP contribution is 2.61. The molecule has 0 aromatic heterocycles. The van der Waals surface area contributed by atoms with E-state index >= 15 is 0 Å². The number of rotatable bonds is 8. The fraction of sp³-hybridized carbons (Fsp3) is 0.774. The first kappa shape index (κ1) is 35.3. The summed E-state index contributed by atoms with van der Waals surface area (Å²) in [6.07, 6.45) is -2.44. The number of nitrogens with zero attached hydrogens (tertiary/aromatic N) is 2. The largest absolute Gasteiger partial charge is 0.254 e. The topological polar surface area (TPSA) is 6.48 Å². The molecule has 0 saturated heterocycles. The molecule has 0 N–H and O–H groups in total. The molecule has 1 aromatic rings. The van der Waals surface area contributed by atoms with E-state index in [1.807, 2.05) is 0 Å². The van der Waals surface area contributed by atoms with E-state index in [-0.39, 0.29) is 16.2 Å². The molecule has 0 saturated carbocycles. The van der Waals surface area contributed by atoms with Crippen molar-refractivity contribution in [3.8, 4) is 0 Å². The standard InChI is InChI=1S/C31H57ClN2P2S/c1-20(2)33(21(3)4)36(37,34(22(5)6)23(7)8)28(32)35-27-25(30(12,13)14)18-24(29(9,10)11)19-26(27)31(15,16)17/h18-23H,1-17H3. The van der Waals surface area contributed by atoms with Crippen LogP contribution >= 0.6 is 26.1 Å². The van der Waals surface area contributed by atoms with E-state index in [0.29, 0.717) is 24.2 Å². The molecular formula is C31H57ClN2P2S. The van der Waals surface area contributed by atoms with Crippen molar-refractivity contribution < 1.29 is 0 Å². The van der Waals surface area contributed by atoms with E-state index in [1.54, 1.807) is 0 Å². The molecule has 1 rings (SSSR count). The molecule has 0 aliphatic heterocycles. The maximum atomic E-state index is 7.63. The minimum atomic E-state index is -2.44. The van der Waals surface area contributed by atoms with Gasteiger partial charge in [0.25, 0.3) is 0 Å². The molecule has 0 aliphatic rings. The van der Waals surface area contributed by atoms with Crippen molar-refractivity contribution in [3.05, 3.63) is 28.8 Å². The molecule has 0 heterocycles. The summed E-state index contributed by atoms with van der Waals surface area (Å²) < 4.78 is 5.98. The first-order chi connectivity index (χ1) is 16.4. The van der Waals surface area contributed by atoms with E-state index in [2.05, 4.69) is 139 Å². The molecule has 0 aliphatic carbocycles. The van der Waals surface area contributed by atoms with Gasteiger partial charge in [0.1, 0.15) is 10.8 Å². The minimum Gasteiger partial charge on any atom is -0.254 e. The molecule has 37 heavy (non-hydrogen) atoms. The molecule has 0 spiro atoms. The molecule has 0 amide bonds. The molecule has 1 aromatic carbocycles. The van der Waals surface area contributed by atoms with Gasteiger partial charge in [-0.2, -0.15) is 0 Å². The zero-order chi connectivity index (χ0) is 29.5. The maximum Gasteiger partial charge on any atom is 0.123 e. The second-order valence-corrected chi connectivity index (χ2v) is 21.1. The van der Waals surface area contributed by atoms with Crippen molar-refractivity contribution in [3.63, 3.8) is 0 Å². The average Bonchev–Trinajstić information content (AvgIpc) is 2.63. The Kier molecular flexibility index (Phi) is 11.8. The molecular weight excluding hydrogens is 530 g/mol. The second-order valence-electron chi connectivity index (χ2n) is 14.7. The van der Waals surface area contributed by atoms with Gasteiger partial charge >= 0.3 is 0 Å². The fourth-order valence-electron chi connectivity index (χ4n) is 5.24. The van der Waals surface area contributed by atoms with E-state index < -0.39 is 6.34 Å². The summed E-state index contributed by atoms with van der Waals surface area (Å²) in [5.41, 5.74) is 4.17. The predicted molar refractivity (Wildman–Crippen MR) is 178 cm³/mol. The number of halogens is 1. The van der Waals surface area contributed by atoms with Crippen LogP contribution in [0.4, 0.5) is 0 Å². The Balaban J connectivity index is 4.32. The number of hydrogen-bond acceptors (Lipinski definition) is 1. The van der Waals surface area contributed by atoms with Crippen LogP contribution in [0.1, 0.15) is 134 Å². The van der Waals surface area contributed by atoms with Crippen LogP contribution in [0.15, 0.2) is 12.1 Å². The molecule has 0 unspecified atom stereocenters. The van der Waals surface area contributed by atoms with Gasteiger partial charge in [-0.15, -0.1) is 0 Å². The smallest absolute Gasteiger partial charge is 0.123 e. The molecule has 0 bridgehead atoms. The normalized spacial score (nSPS) is 14.9. The van der Waals surface area contributed by atoms with Crippen LogP contribution in [0.3, 0.4) is 0 Å². The first-order valence-electron chi connectivity index (χ1n) is 14.0. The monoisotopic (exact) mass is 586 g/mol. The first-order valence-corrected chi connectivity index (χ1v) is 18.0. The quantitative estimate of drug-likeness (QED) is 0.280. The van der Waals surface area contributed by atoms with Crippen molar-refractivity contribution in [1.29, 1.82) is 0 Å². The summed E-state index contributed by atoms with van der Waals surface area (Å²) >= 11 is 14.4. The lowest BCUT2D eigenvalue weighted by atomic mass is 9.75. The molecule has 6 heteroatoms. The van der Waals surface area contributed by atoms with Crippen LogP contribution in [0.5, 0.6) is 0 Å². The average molecular weight is 587 g/mol. The van der Waals surface area contributed by atoms with Gasteiger partial charge in [0.05, 0.1) is 0 Å². The van der Waals surface area contributed by atoms with E-state index in [1.165, 1.54) is 22.0 Å². The van der Waals surface area contributed by atoms with Crippen molar-refractivity contribution in [2.45, 2.75) is 158 Å². The molecule has 0 atom stereocenters. The third-order valence-electron chi connectivity index (χ3n) is 6.78. The Hall–Kier alpha value is 0.250. The molecule has 0 radical (unpaired) electrons. The minimum absolute atomic E-state index is 0.0190. The van der Waals surface area contributed by atoms with E-state index in [0.717, 1.165) is 12.7 Å². The zero-order valence-electron chi connectivity index (χ0n) is 27.0. The van der Waals surface area contributed by atoms with Crippen LogP contribution in [-0.4, -0.2) is 38.0 Å². The Morgan fingerprint density at radius 1 is 0.676 bits per heavy atom. The summed E-state index contributed by atoms with van der Waals surface area (Å²) in [7, 11) is 1.05. The van der Waals surface area contributed by atoms with Gasteiger partial charge in [0.15, 0.2) is 0 Å². The van der Waals surface area contributed by atoms with Crippen molar-refractivity contribution >= 4 is 47.7 Å². The van der Waals surface area contributed by atoms with Gasteiger partial charge in [-0.25, -0.2) is 0 Å². The van der Waals surface area contributed by atoms with Crippen LogP contribution < -0.4 is 5.30 Å². The Morgan fingerprint density at radius 2 is 0.973 bits per heavy atom. The van der Waals surface area contributed by atoms with E-state index in [4.69, 9.17) is 23.4 Å². The van der Waals surface area contributed by atoms with E-state index in [9.17, 15) is 0 Å². The lowest BCUT2D eigenvalue weighted by Crippen LogP contribution is -2.46. The molecule has 214 valence electrons. The molecule has 2 nitrogen and oxygen atoms in total. The Bertz CT molecular complexity index is 931. The summed E-state index contributed by atoms with van der Waals surface area (Å²) in [6, 6.07) is 6.06. The third kappa shape index (κ3) is 8.15. The van der Waals surface area contributed by atoms with Crippen LogP contribution in [-0.2, 0) is 28.1 Å². The molecule has 0 fully saturated rings. The van der Waals surface area contributed by atoms with Crippen LogP contribution in [0, 0.1) is 0 Å². The predicted octanol–water partition coefficient (Wildman–Crippen LogP) is 10.0.